The normalized spacial score (nSPS) is 14.2. The molecule has 0 spiro atoms. The van der Waals surface area contributed by atoms with E-state index < -0.39 is 15.9 Å². The van der Waals surface area contributed by atoms with E-state index in [1.54, 1.807) is 25.1 Å². The van der Waals surface area contributed by atoms with Gasteiger partial charge in [0, 0.05) is 6.07 Å². The van der Waals surface area contributed by atoms with Crippen molar-refractivity contribution in [1.29, 1.82) is 0 Å². The highest BCUT2D eigenvalue weighted by Crippen LogP contribution is 2.23. The van der Waals surface area contributed by atoms with E-state index >= 15 is 0 Å². The predicted molar refractivity (Wildman–Crippen MR) is 88.1 cm³/mol. The van der Waals surface area contributed by atoms with Crippen LogP contribution in [0.4, 0.5) is 5.82 Å². The van der Waals surface area contributed by atoms with Crippen LogP contribution in [0, 0.1) is 6.92 Å². The fourth-order valence-corrected chi connectivity index (χ4v) is 3.77. The number of nitrogens with one attached hydrogen (secondary N) is 2. The molecule has 0 radical (unpaired) electrons. The first kappa shape index (κ1) is 16.7. The quantitative estimate of drug-likeness (QED) is 0.857. The zero-order chi connectivity index (χ0) is 17.2. The molecule has 0 unspecified atom stereocenters. The van der Waals surface area contributed by atoms with Crippen molar-refractivity contribution in [3.8, 4) is 0 Å². The van der Waals surface area contributed by atoms with Crippen LogP contribution in [-0.2, 0) is 27.7 Å². The van der Waals surface area contributed by atoms with Crippen LogP contribution in [0.25, 0.3) is 0 Å². The number of benzene rings is 1. The van der Waals surface area contributed by atoms with Gasteiger partial charge in [-0.3, -0.25) is 4.79 Å². The van der Waals surface area contributed by atoms with Crippen molar-refractivity contribution >= 4 is 21.7 Å². The topological polar surface area (TPSA) is 101 Å². The summed E-state index contributed by atoms with van der Waals surface area (Å²) in [5.74, 6) is 0.301. The Hall–Kier alpha value is -2.19. The number of hydrogen-bond donors (Lipinski definition) is 2. The molecule has 24 heavy (non-hydrogen) atoms. The van der Waals surface area contributed by atoms with Gasteiger partial charge in [-0.25, -0.2) is 13.1 Å². The van der Waals surface area contributed by atoms with Crippen LogP contribution >= 0.6 is 0 Å². The van der Waals surface area contributed by atoms with E-state index in [1.165, 1.54) is 5.56 Å². The number of carbonyl (C=O) groups is 1. The average Bonchev–Trinajstić information content (AvgIpc) is 2.97. The van der Waals surface area contributed by atoms with Gasteiger partial charge in [0.1, 0.15) is 5.76 Å². The second-order valence-electron chi connectivity index (χ2n) is 5.83. The molecule has 2 aromatic rings. The maximum atomic E-state index is 12.4. The van der Waals surface area contributed by atoms with Crippen molar-refractivity contribution in [2.75, 3.05) is 11.9 Å². The van der Waals surface area contributed by atoms with Crippen LogP contribution in [0.2, 0.25) is 0 Å². The molecular formula is C16H19N3O4S. The van der Waals surface area contributed by atoms with Gasteiger partial charge in [0.25, 0.3) is 0 Å². The summed E-state index contributed by atoms with van der Waals surface area (Å²) in [6.45, 7) is 1.33. The van der Waals surface area contributed by atoms with E-state index in [9.17, 15) is 13.2 Å². The lowest BCUT2D eigenvalue weighted by atomic mass is 9.92. The van der Waals surface area contributed by atoms with Crippen molar-refractivity contribution in [3.63, 3.8) is 0 Å². The number of anilines is 1. The first-order chi connectivity index (χ1) is 11.4. The first-order valence-corrected chi connectivity index (χ1v) is 9.27. The van der Waals surface area contributed by atoms with E-state index in [0.717, 1.165) is 31.2 Å². The van der Waals surface area contributed by atoms with E-state index in [4.69, 9.17) is 4.52 Å². The Bertz CT molecular complexity index is 858. The minimum atomic E-state index is -3.73. The second kappa shape index (κ2) is 6.74. The Kier molecular flexibility index (Phi) is 4.68. The lowest BCUT2D eigenvalue weighted by Crippen LogP contribution is -2.33. The molecule has 0 saturated heterocycles. The number of sulfonamides is 1. The average molecular weight is 349 g/mol. The standard InChI is InChI=1S/C16H19N3O4S/c1-11-8-15(19-23-11)18-16(20)10-17-24(21,22)14-7-6-12-4-2-3-5-13(12)9-14/h6-9,17H,2-5,10H2,1H3,(H,18,19,20). The summed E-state index contributed by atoms with van der Waals surface area (Å²) in [5.41, 5.74) is 2.28. The van der Waals surface area contributed by atoms with Crippen LogP contribution in [0.5, 0.6) is 0 Å². The predicted octanol–water partition coefficient (Wildman–Crippen LogP) is 1.78. The summed E-state index contributed by atoms with van der Waals surface area (Å²) in [6.07, 6.45) is 4.09. The van der Waals surface area contributed by atoms with Gasteiger partial charge >= 0.3 is 0 Å². The molecule has 3 rings (SSSR count). The maximum absolute atomic E-state index is 12.4. The summed E-state index contributed by atoms with van der Waals surface area (Å²) < 4.78 is 31.8. The van der Waals surface area contributed by atoms with Crippen molar-refractivity contribution in [2.24, 2.45) is 0 Å². The molecule has 1 aromatic carbocycles. The first-order valence-electron chi connectivity index (χ1n) is 7.79. The zero-order valence-corrected chi connectivity index (χ0v) is 14.1. The van der Waals surface area contributed by atoms with Gasteiger partial charge in [-0.1, -0.05) is 11.2 Å². The monoisotopic (exact) mass is 349 g/mol. The van der Waals surface area contributed by atoms with Gasteiger partial charge in [-0.15, -0.1) is 0 Å². The maximum Gasteiger partial charge on any atom is 0.241 e. The van der Waals surface area contributed by atoms with Crippen LogP contribution in [0.15, 0.2) is 33.7 Å². The Labute approximate surface area is 140 Å². The smallest absolute Gasteiger partial charge is 0.241 e. The third kappa shape index (κ3) is 3.82. The second-order valence-corrected chi connectivity index (χ2v) is 7.60. The van der Waals surface area contributed by atoms with Gasteiger partial charge in [0.15, 0.2) is 5.82 Å². The fraction of sp³-hybridized carbons (Fsp3) is 0.375. The number of carbonyl (C=O) groups excluding carboxylic acids is 1. The van der Waals surface area contributed by atoms with Gasteiger partial charge < -0.3 is 9.84 Å². The number of aromatic nitrogens is 1. The lowest BCUT2D eigenvalue weighted by Gasteiger charge is -2.16. The fourth-order valence-electron chi connectivity index (χ4n) is 2.73. The van der Waals surface area contributed by atoms with Crippen molar-refractivity contribution in [3.05, 3.63) is 41.2 Å². The van der Waals surface area contributed by atoms with Gasteiger partial charge in [0.2, 0.25) is 15.9 Å². The molecule has 0 atom stereocenters. The molecule has 1 aromatic heterocycles. The highest BCUT2D eigenvalue weighted by Gasteiger charge is 2.19. The SMILES string of the molecule is Cc1cc(NC(=O)CNS(=O)(=O)c2ccc3c(c2)CCCC3)no1. The molecule has 8 heteroatoms. The van der Waals surface area contributed by atoms with Gasteiger partial charge in [-0.2, -0.15) is 0 Å². The van der Waals surface area contributed by atoms with Gasteiger partial charge in [-0.05, 0) is 55.9 Å². The molecule has 1 heterocycles. The zero-order valence-electron chi connectivity index (χ0n) is 13.3. The summed E-state index contributed by atoms with van der Waals surface area (Å²) in [4.78, 5) is 12.0. The highest BCUT2D eigenvalue weighted by atomic mass is 32.2. The molecule has 0 bridgehead atoms. The minimum Gasteiger partial charge on any atom is -0.360 e. The Morgan fingerprint density at radius 1 is 1.21 bits per heavy atom. The molecule has 7 nitrogen and oxygen atoms in total. The number of nitrogens with zero attached hydrogens (tertiary/aromatic N) is 1. The Morgan fingerprint density at radius 3 is 2.67 bits per heavy atom. The summed E-state index contributed by atoms with van der Waals surface area (Å²) in [5, 5.41) is 6.09. The molecular weight excluding hydrogens is 330 g/mol. The van der Waals surface area contributed by atoms with E-state index in [0.29, 0.717) is 5.76 Å². The number of hydrogen-bond acceptors (Lipinski definition) is 5. The molecule has 128 valence electrons. The van der Waals surface area contributed by atoms with Gasteiger partial charge in [0.05, 0.1) is 11.4 Å². The molecule has 0 fully saturated rings. The van der Waals surface area contributed by atoms with Crippen LogP contribution in [-0.4, -0.2) is 26.0 Å². The molecule has 0 saturated carbocycles. The van der Waals surface area contributed by atoms with Crippen molar-refractivity contribution in [2.45, 2.75) is 37.5 Å². The van der Waals surface area contributed by atoms with Crippen LogP contribution in [0.1, 0.15) is 29.7 Å². The number of rotatable bonds is 5. The van der Waals surface area contributed by atoms with Crippen LogP contribution in [0.3, 0.4) is 0 Å². The molecule has 0 aliphatic heterocycles. The Morgan fingerprint density at radius 2 is 1.96 bits per heavy atom. The molecule has 1 aliphatic carbocycles. The number of fused-ring (bicyclic) bond motifs is 1. The Balaban J connectivity index is 1.64. The third-order valence-corrected chi connectivity index (χ3v) is 5.35. The molecule has 2 N–H and O–H groups in total. The van der Waals surface area contributed by atoms with Crippen LogP contribution < -0.4 is 10.0 Å². The van der Waals surface area contributed by atoms with Crippen molar-refractivity contribution < 1.29 is 17.7 Å². The molecule has 1 aliphatic rings. The number of aryl methyl sites for hydroxylation is 3. The van der Waals surface area contributed by atoms with Crippen molar-refractivity contribution in [1.82, 2.24) is 9.88 Å². The lowest BCUT2D eigenvalue weighted by molar-refractivity contribution is -0.115. The summed E-state index contributed by atoms with van der Waals surface area (Å²) in [6, 6.07) is 6.71. The minimum absolute atomic E-state index is 0.188. The van der Waals surface area contributed by atoms with E-state index in [2.05, 4.69) is 15.2 Å². The summed E-state index contributed by atoms with van der Waals surface area (Å²) in [7, 11) is -3.73. The van der Waals surface area contributed by atoms with E-state index in [-0.39, 0.29) is 17.3 Å². The highest BCUT2D eigenvalue weighted by molar-refractivity contribution is 7.89. The third-order valence-electron chi connectivity index (χ3n) is 3.95. The number of amides is 1. The largest absolute Gasteiger partial charge is 0.360 e. The van der Waals surface area contributed by atoms with E-state index in [1.807, 2.05) is 6.07 Å². The molecule has 1 amide bonds. The summed E-state index contributed by atoms with van der Waals surface area (Å²) >= 11 is 0.